The summed E-state index contributed by atoms with van der Waals surface area (Å²) >= 11 is 0. The summed E-state index contributed by atoms with van der Waals surface area (Å²) < 4.78 is 25.2. The van der Waals surface area contributed by atoms with E-state index in [1.165, 1.54) is 6.20 Å². The minimum Gasteiger partial charge on any atom is -0.346 e. The molecule has 25 heavy (non-hydrogen) atoms. The number of sulfone groups is 1. The third-order valence-corrected chi connectivity index (χ3v) is 6.47. The van der Waals surface area contributed by atoms with Gasteiger partial charge in [0.15, 0.2) is 9.84 Å². The maximum absolute atomic E-state index is 12.7. The molecule has 2 aromatic heterocycles. The SMILES string of the molecule is CCn1cc(C(=O)N[C@]2(C)CCS(=O)(=O)C2)c(=O)c2ccc(C)nc21. The van der Waals surface area contributed by atoms with Crippen molar-refractivity contribution in [3.05, 3.63) is 39.8 Å². The summed E-state index contributed by atoms with van der Waals surface area (Å²) in [6.07, 6.45) is 1.84. The predicted molar refractivity (Wildman–Crippen MR) is 95.6 cm³/mol. The van der Waals surface area contributed by atoms with Crippen LogP contribution in [-0.2, 0) is 16.4 Å². The van der Waals surface area contributed by atoms with Gasteiger partial charge in [0.1, 0.15) is 11.2 Å². The van der Waals surface area contributed by atoms with Crippen molar-refractivity contribution in [2.24, 2.45) is 0 Å². The first-order valence-corrected chi connectivity index (χ1v) is 10.00. The molecule has 0 radical (unpaired) electrons. The van der Waals surface area contributed by atoms with Gasteiger partial charge in [0.05, 0.1) is 22.4 Å². The van der Waals surface area contributed by atoms with E-state index in [0.717, 1.165) is 5.69 Å². The lowest BCUT2D eigenvalue weighted by atomic mass is 10.0. The highest BCUT2D eigenvalue weighted by atomic mass is 32.2. The molecule has 8 heteroatoms. The van der Waals surface area contributed by atoms with Crippen LogP contribution in [0.4, 0.5) is 0 Å². The molecule has 1 amide bonds. The van der Waals surface area contributed by atoms with Gasteiger partial charge in [0.25, 0.3) is 5.91 Å². The predicted octanol–water partition coefficient (Wildman–Crippen LogP) is 1.03. The molecule has 0 aromatic carbocycles. The number of aryl methyl sites for hydroxylation is 2. The van der Waals surface area contributed by atoms with E-state index in [-0.39, 0.29) is 17.1 Å². The molecule has 1 N–H and O–H groups in total. The second-order valence-corrected chi connectivity index (χ2v) is 9.02. The fourth-order valence-corrected chi connectivity index (χ4v) is 5.31. The van der Waals surface area contributed by atoms with E-state index in [2.05, 4.69) is 10.3 Å². The fourth-order valence-electron chi connectivity index (χ4n) is 3.21. The first kappa shape index (κ1) is 17.6. The molecule has 3 heterocycles. The summed E-state index contributed by atoms with van der Waals surface area (Å²) in [6, 6.07) is 3.40. The van der Waals surface area contributed by atoms with Crippen LogP contribution in [0.25, 0.3) is 11.0 Å². The molecule has 0 saturated carbocycles. The first-order valence-electron chi connectivity index (χ1n) is 8.18. The molecule has 0 aliphatic carbocycles. The van der Waals surface area contributed by atoms with Crippen LogP contribution in [-0.4, -0.2) is 40.9 Å². The molecule has 134 valence electrons. The number of carbonyl (C=O) groups is 1. The van der Waals surface area contributed by atoms with Crippen LogP contribution in [0.3, 0.4) is 0 Å². The van der Waals surface area contributed by atoms with Crippen LogP contribution in [0.1, 0.15) is 36.3 Å². The number of amides is 1. The van der Waals surface area contributed by atoms with Crippen LogP contribution in [0.5, 0.6) is 0 Å². The van der Waals surface area contributed by atoms with E-state index < -0.39 is 26.7 Å². The van der Waals surface area contributed by atoms with E-state index in [4.69, 9.17) is 0 Å². The Labute approximate surface area is 146 Å². The van der Waals surface area contributed by atoms with Crippen molar-refractivity contribution in [3.8, 4) is 0 Å². The van der Waals surface area contributed by atoms with Crippen molar-refractivity contribution in [3.63, 3.8) is 0 Å². The average Bonchev–Trinajstić information content (AvgIpc) is 2.80. The summed E-state index contributed by atoms with van der Waals surface area (Å²) in [5.41, 5.74) is 0.0910. The number of nitrogens with zero attached hydrogens (tertiary/aromatic N) is 2. The highest BCUT2D eigenvalue weighted by Crippen LogP contribution is 2.23. The molecule has 7 nitrogen and oxygen atoms in total. The summed E-state index contributed by atoms with van der Waals surface area (Å²) in [5, 5.41) is 3.12. The number of fused-ring (bicyclic) bond motifs is 1. The van der Waals surface area contributed by atoms with Gasteiger partial charge in [-0.25, -0.2) is 13.4 Å². The number of carbonyl (C=O) groups excluding carboxylic acids is 1. The molecule has 0 spiro atoms. The van der Waals surface area contributed by atoms with Gasteiger partial charge in [-0.3, -0.25) is 9.59 Å². The van der Waals surface area contributed by atoms with E-state index >= 15 is 0 Å². The number of nitrogens with one attached hydrogen (secondary N) is 1. The third kappa shape index (κ3) is 3.30. The Morgan fingerprint density at radius 2 is 2.12 bits per heavy atom. The summed E-state index contributed by atoms with van der Waals surface area (Å²) in [4.78, 5) is 29.8. The lowest BCUT2D eigenvalue weighted by Gasteiger charge is -2.24. The molecule has 1 fully saturated rings. The molecule has 3 rings (SSSR count). The minimum absolute atomic E-state index is 0.00512. The smallest absolute Gasteiger partial charge is 0.257 e. The molecular weight excluding hydrogens is 342 g/mol. The Kier molecular flexibility index (Phi) is 4.18. The quantitative estimate of drug-likeness (QED) is 0.878. The highest BCUT2D eigenvalue weighted by molar-refractivity contribution is 7.91. The lowest BCUT2D eigenvalue weighted by molar-refractivity contribution is 0.0913. The van der Waals surface area contributed by atoms with Crippen molar-refractivity contribution in [2.75, 3.05) is 11.5 Å². The van der Waals surface area contributed by atoms with Crippen molar-refractivity contribution in [2.45, 2.75) is 39.3 Å². The highest BCUT2D eigenvalue weighted by Gasteiger charge is 2.40. The second kappa shape index (κ2) is 5.94. The molecule has 1 aliphatic heterocycles. The molecular formula is C17H21N3O4S. The zero-order valence-corrected chi connectivity index (χ0v) is 15.3. The number of hydrogen-bond acceptors (Lipinski definition) is 5. The minimum atomic E-state index is -3.15. The number of pyridine rings is 2. The van der Waals surface area contributed by atoms with Gasteiger partial charge in [0.2, 0.25) is 5.43 Å². The third-order valence-electron chi connectivity index (χ3n) is 4.56. The Morgan fingerprint density at radius 3 is 2.72 bits per heavy atom. The number of aromatic nitrogens is 2. The summed E-state index contributed by atoms with van der Waals surface area (Å²) in [6.45, 7) is 5.99. The van der Waals surface area contributed by atoms with E-state index in [1.807, 2.05) is 13.8 Å². The van der Waals surface area contributed by atoms with Gasteiger partial charge < -0.3 is 9.88 Å². The van der Waals surface area contributed by atoms with Crippen molar-refractivity contribution < 1.29 is 13.2 Å². The Balaban J connectivity index is 2.04. The first-order chi connectivity index (χ1) is 11.6. The molecule has 1 atom stereocenters. The van der Waals surface area contributed by atoms with Crippen LogP contribution >= 0.6 is 0 Å². The van der Waals surface area contributed by atoms with Crippen molar-refractivity contribution in [1.82, 2.24) is 14.9 Å². The van der Waals surface area contributed by atoms with Crippen molar-refractivity contribution >= 4 is 26.8 Å². The molecule has 2 aromatic rings. The zero-order valence-electron chi connectivity index (χ0n) is 14.5. The number of rotatable bonds is 3. The average molecular weight is 363 g/mol. The zero-order chi connectivity index (χ0) is 18.4. The monoisotopic (exact) mass is 363 g/mol. The fraction of sp³-hybridized carbons (Fsp3) is 0.471. The van der Waals surface area contributed by atoms with Gasteiger partial charge in [-0.15, -0.1) is 0 Å². The maximum Gasteiger partial charge on any atom is 0.257 e. The van der Waals surface area contributed by atoms with Crippen LogP contribution in [0.2, 0.25) is 0 Å². The van der Waals surface area contributed by atoms with Gasteiger partial charge in [-0.05, 0) is 39.3 Å². The van der Waals surface area contributed by atoms with Gasteiger partial charge in [-0.1, -0.05) is 0 Å². The second-order valence-electron chi connectivity index (χ2n) is 6.84. The Bertz CT molecular complexity index is 1030. The van der Waals surface area contributed by atoms with Gasteiger partial charge in [-0.2, -0.15) is 0 Å². The van der Waals surface area contributed by atoms with Gasteiger partial charge in [0, 0.05) is 18.4 Å². The molecule has 0 unspecified atom stereocenters. The van der Waals surface area contributed by atoms with Crippen LogP contribution < -0.4 is 10.7 Å². The van der Waals surface area contributed by atoms with E-state index in [1.54, 1.807) is 23.6 Å². The lowest BCUT2D eigenvalue weighted by Crippen LogP contribution is -2.48. The molecule has 1 aliphatic rings. The number of hydrogen-bond donors (Lipinski definition) is 1. The van der Waals surface area contributed by atoms with Gasteiger partial charge >= 0.3 is 0 Å². The normalized spacial score (nSPS) is 22.2. The standard InChI is InChI=1S/C17H21N3O4S/c1-4-20-9-13(14(21)12-6-5-11(2)18-15(12)20)16(22)19-17(3)7-8-25(23,24)10-17/h5-6,9H,4,7-8,10H2,1-3H3,(H,19,22)/t17-/m1/s1. The van der Waals surface area contributed by atoms with Crippen LogP contribution in [0, 0.1) is 6.92 Å². The Morgan fingerprint density at radius 1 is 1.40 bits per heavy atom. The molecule has 1 saturated heterocycles. The van der Waals surface area contributed by atoms with Crippen LogP contribution in [0.15, 0.2) is 23.1 Å². The van der Waals surface area contributed by atoms with E-state index in [9.17, 15) is 18.0 Å². The van der Waals surface area contributed by atoms with E-state index in [0.29, 0.717) is 24.0 Å². The summed E-state index contributed by atoms with van der Waals surface area (Å²) in [5.74, 6) is -0.611. The topological polar surface area (TPSA) is 98.1 Å². The van der Waals surface area contributed by atoms with Crippen molar-refractivity contribution in [1.29, 1.82) is 0 Å². The Hall–Kier alpha value is -2.22. The molecule has 0 bridgehead atoms. The maximum atomic E-state index is 12.7. The largest absolute Gasteiger partial charge is 0.346 e. The summed E-state index contributed by atoms with van der Waals surface area (Å²) in [7, 11) is -3.15.